The highest BCUT2D eigenvalue weighted by Gasteiger charge is 2.30. The summed E-state index contributed by atoms with van der Waals surface area (Å²) in [6.07, 6.45) is -0.0741. The Balaban J connectivity index is 2.80. The van der Waals surface area contributed by atoms with E-state index < -0.39 is 17.5 Å². The second-order valence-electron chi connectivity index (χ2n) is 8.08. The second kappa shape index (κ2) is 9.71. The van der Waals surface area contributed by atoms with Gasteiger partial charge in [-0.05, 0) is 61.3 Å². The van der Waals surface area contributed by atoms with E-state index in [-0.39, 0.29) is 30.1 Å². The van der Waals surface area contributed by atoms with Crippen LogP contribution in [0.2, 0.25) is 0 Å². The molecule has 0 aliphatic carbocycles. The summed E-state index contributed by atoms with van der Waals surface area (Å²) in [7, 11) is 0. The Morgan fingerprint density at radius 3 is 1.74 bits per heavy atom. The minimum atomic E-state index is -0.787. The summed E-state index contributed by atoms with van der Waals surface area (Å²) in [5, 5.41) is 0. The van der Waals surface area contributed by atoms with Crippen molar-refractivity contribution in [2.75, 3.05) is 13.1 Å². The van der Waals surface area contributed by atoms with Gasteiger partial charge in [0, 0.05) is 13.1 Å². The van der Waals surface area contributed by atoms with E-state index in [1.165, 1.54) is 0 Å². The van der Waals surface area contributed by atoms with Crippen molar-refractivity contribution in [1.29, 1.82) is 0 Å². The first-order valence-corrected chi connectivity index (χ1v) is 9.36. The van der Waals surface area contributed by atoms with E-state index in [0.29, 0.717) is 25.9 Å². The molecule has 154 valence electrons. The quantitative estimate of drug-likeness (QED) is 0.313. The van der Waals surface area contributed by atoms with Gasteiger partial charge in [0.1, 0.15) is 5.60 Å². The molecule has 0 aromatic carbocycles. The third-order valence-corrected chi connectivity index (χ3v) is 3.50. The number of esters is 2. The van der Waals surface area contributed by atoms with Crippen LogP contribution in [0.4, 0.5) is 4.79 Å². The molecule has 0 atom stereocenters. The lowest BCUT2D eigenvalue weighted by Gasteiger charge is -2.32. The van der Waals surface area contributed by atoms with Crippen LogP contribution in [0.15, 0.2) is 4.99 Å². The van der Waals surface area contributed by atoms with Crippen molar-refractivity contribution in [3.63, 3.8) is 0 Å². The monoisotopic (exact) mass is 384 g/mol. The summed E-state index contributed by atoms with van der Waals surface area (Å²) in [6, 6.07) is -0.266. The molecule has 8 nitrogen and oxygen atoms in total. The lowest BCUT2D eigenvalue weighted by atomic mass is 10.1. The van der Waals surface area contributed by atoms with Crippen LogP contribution in [0.5, 0.6) is 0 Å². The largest absolute Gasteiger partial charge is 0.458 e. The molecule has 1 heterocycles. The summed E-state index contributed by atoms with van der Waals surface area (Å²) in [5.74, 6) is -1.57. The molecule has 27 heavy (non-hydrogen) atoms. The van der Waals surface area contributed by atoms with Crippen molar-refractivity contribution >= 4 is 23.7 Å². The zero-order valence-electron chi connectivity index (χ0n) is 17.4. The Morgan fingerprint density at radius 2 is 1.37 bits per heavy atom. The van der Waals surface area contributed by atoms with Gasteiger partial charge < -0.3 is 19.1 Å². The van der Waals surface area contributed by atoms with Crippen LogP contribution >= 0.6 is 0 Å². The summed E-state index contributed by atoms with van der Waals surface area (Å²) in [6.45, 7) is 13.1. The molecule has 1 amide bonds. The Kier molecular flexibility index (Phi) is 8.24. The minimum Gasteiger partial charge on any atom is -0.458 e. The maximum Gasteiger partial charge on any atom is 0.410 e. The van der Waals surface area contributed by atoms with Crippen molar-refractivity contribution in [3.05, 3.63) is 0 Å². The minimum absolute atomic E-state index is 0.266. The third-order valence-electron chi connectivity index (χ3n) is 3.50. The molecule has 1 aliphatic rings. The molecule has 1 saturated heterocycles. The topological polar surface area (TPSA) is 94.5 Å². The number of amides is 1. The van der Waals surface area contributed by atoms with E-state index >= 15 is 0 Å². The number of rotatable bonds is 5. The SMILES string of the molecule is CC(C)OC(=O)C(=NC1CCN(C(=O)OC(C)(C)C)CC1)C(=O)OC(C)C. The van der Waals surface area contributed by atoms with Gasteiger partial charge in [0.05, 0.1) is 18.2 Å². The molecule has 0 N–H and O–H groups in total. The predicted octanol–water partition coefficient (Wildman–Crippen LogP) is 2.73. The number of carbonyl (C=O) groups is 3. The number of hydrogen-bond donors (Lipinski definition) is 0. The van der Waals surface area contributed by atoms with Gasteiger partial charge in [-0.15, -0.1) is 0 Å². The third kappa shape index (κ3) is 8.41. The van der Waals surface area contributed by atoms with E-state index in [9.17, 15) is 14.4 Å². The number of aliphatic imine (C=N–C) groups is 1. The zero-order chi connectivity index (χ0) is 20.8. The standard InChI is InChI=1S/C19H32N2O6/c1-12(2)25-16(22)15(17(23)26-13(3)4)20-14-8-10-21(11-9-14)18(24)27-19(5,6)7/h12-14H,8-11H2,1-7H3. The first kappa shape index (κ1) is 22.9. The summed E-state index contributed by atoms with van der Waals surface area (Å²) < 4.78 is 15.6. The molecule has 8 heteroatoms. The molecule has 0 saturated carbocycles. The van der Waals surface area contributed by atoms with Crippen LogP contribution in [0.1, 0.15) is 61.3 Å². The van der Waals surface area contributed by atoms with Crippen LogP contribution in [-0.2, 0) is 23.8 Å². The second-order valence-corrected chi connectivity index (χ2v) is 8.08. The zero-order valence-corrected chi connectivity index (χ0v) is 17.4. The van der Waals surface area contributed by atoms with Gasteiger partial charge in [-0.3, -0.25) is 4.99 Å². The van der Waals surface area contributed by atoms with Crippen LogP contribution < -0.4 is 0 Å². The van der Waals surface area contributed by atoms with E-state index in [2.05, 4.69) is 4.99 Å². The molecule has 1 fully saturated rings. The molecule has 0 aromatic rings. The van der Waals surface area contributed by atoms with E-state index in [4.69, 9.17) is 14.2 Å². The predicted molar refractivity (Wildman–Crippen MR) is 101 cm³/mol. The molecule has 1 rings (SSSR count). The Bertz CT molecular complexity index is 545. The van der Waals surface area contributed by atoms with Gasteiger partial charge in [-0.25, -0.2) is 14.4 Å². The molecule has 0 aromatic heterocycles. The van der Waals surface area contributed by atoms with Crippen LogP contribution in [0, 0.1) is 0 Å². The van der Waals surface area contributed by atoms with Crippen molar-refractivity contribution in [1.82, 2.24) is 4.90 Å². The maximum absolute atomic E-state index is 12.2. The molecule has 0 unspecified atom stereocenters. The van der Waals surface area contributed by atoms with E-state index in [0.717, 1.165) is 0 Å². The van der Waals surface area contributed by atoms with Crippen molar-refractivity contribution < 1.29 is 28.6 Å². The maximum atomic E-state index is 12.2. The molecule has 0 spiro atoms. The Morgan fingerprint density at radius 1 is 0.926 bits per heavy atom. The number of ether oxygens (including phenoxy) is 3. The summed E-state index contributed by atoms with van der Waals surface area (Å²) in [4.78, 5) is 42.5. The number of hydrogen-bond acceptors (Lipinski definition) is 7. The van der Waals surface area contributed by atoms with Gasteiger partial charge >= 0.3 is 18.0 Å². The van der Waals surface area contributed by atoms with Gasteiger partial charge in [0.15, 0.2) is 0 Å². The number of carbonyl (C=O) groups excluding carboxylic acids is 3. The lowest BCUT2D eigenvalue weighted by molar-refractivity contribution is -0.144. The number of nitrogens with zero attached hydrogens (tertiary/aromatic N) is 2. The fraction of sp³-hybridized carbons (Fsp3) is 0.789. The van der Waals surface area contributed by atoms with Crippen LogP contribution in [0.25, 0.3) is 0 Å². The van der Waals surface area contributed by atoms with Crippen LogP contribution in [0.3, 0.4) is 0 Å². The smallest absolute Gasteiger partial charge is 0.410 e. The summed E-state index contributed by atoms with van der Waals surface area (Å²) >= 11 is 0. The van der Waals surface area contributed by atoms with Crippen molar-refractivity contribution in [2.45, 2.75) is 85.2 Å². The number of likely N-dealkylation sites (tertiary alicyclic amines) is 1. The van der Waals surface area contributed by atoms with Crippen molar-refractivity contribution in [3.8, 4) is 0 Å². The van der Waals surface area contributed by atoms with Crippen LogP contribution in [-0.4, -0.2) is 65.6 Å². The normalized spacial score (nSPS) is 15.5. The fourth-order valence-electron chi connectivity index (χ4n) is 2.42. The molecule has 0 bridgehead atoms. The molecular weight excluding hydrogens is 352 g/mol. The summed E-state index contributed by atoms with van der Waals surface area (Å²) in [5.41, 5.74) is -0.881. The Labute approximate surface area is 161 Å². The average Bonchev–Trinajstić information content (AvgIpc) is 2.49. The van der Waals surface area contributed by atoms with Crippen molar-refractivity contribution in [2.24, 2.45) is 4.99 Å². The molecule has 0 radical (unpaired) electrons. The lowest BCUT2D eigenvalue weighted by Crippen LogP contribution is -2.43. The van der Waals surface area contributed by atoms with E-state index in [1.807, 2.05) is 20.8 Å². The van der Waals surface area contributed by atoms with E-state index in [1.54, 1.807) is 32.6 Å². The molecular formula is C19H32N2O6. The highest BCUT2D eigenvalue weighted by molar-refractivity contribution is 6.62. The highest BCUT2D eigenvalue weighted by atomic mass is 16.6. The molecule has 1 aliphatic heterocycles. The Hall–Kier alpha value is -2.12. The first-order chi connectivity index (χ1) is 12.4. The first-order valence-electron chi connectivity index (χ1n) is 9.36. The van der Waals surface area contributed by atoms with Gasteiger partial charge in [0.2, 0.25) is 5.71 Å². The van der Waals surface area contributed by atoms with Gasteiger partial charge in [-0.2, -0.15) is 0 Å². The highest BCUT2D eigenvalue weighted by Crippen LogP contribution is 2.18. The fourth-order valence-corrected chi connectivity index (χ4v) is 2.42. The van der Waals surface area contributed by atoms with Gasteiger partial charge in [0.25, 0.3) is 0 Å². The average molecular weight is 384 g/mol. The van der Waals surface area contributed by atoms with Gasteiger partial charge in [-0.1, -0.05) is 0 Å². The number of piperidine rings is 1.